The summed E-state index contributed by atoms with van der Waals surface area (Å²) in [6.45, 7) is 0.922. The van der Waals surface area contributed by atoms with Crippen LogP contribution in [0.4, 0.5) is 4.39 Å². The zero-order valence-corrected chi connectivity index (χ0v) is 17.8. The summed E-state index contributed by atoms with van der Waals surface area (Å²) >= 11 is 0.975. The molecule has 0 aliphatic carbocycles. The Morgan fingerprint density at radius 2 is 2.00 bits per heavy atom. The van der Waals surface area contributed by atoms with Crippen molar-refractivity contribution in [2.75, 3.05) is 19.6 Å². The molecule has 0 radical (unpaired) electrons. The number of rotatable bonds is 6. The van der Waals surface area contributed by atoms with Gasteiger partial charge in [-0.05, 0) is 49.1 Å². The number of sulfonamides is 1. The van der Waals surface area contributed by atoms with Crippen molar-refractivity contribution in [2.24, 2.45) is 5.92 Å². The number of halogens is 1. The molecule has 1 saturated heterocycles. The second kappa shape index (κ2) is 8.75. The molecule has 4 rings (SSSR count). The predicted octanol–water partition coefficient (Wildman–Crippen LogP) is 2.59. The number of aromatic nitrogens is 2. The van der Waals surface area contributed by atoms with Crippen LogP contribution in [-0.4, -0.2) is 47.0 Å². The lowest BCUT2D eigenvalue weighted by atomic mass is 9.99. The molecule has 1 aliphatic rings. The summed E-state index contributed by atoms with van der Waals surface area (Å²) in [5.74, 6) is -0.865. The molecule has 10 heteroatoms. The van der Waals surface area contributed by atoms with E-state index in [0.29, 0.717) is 43.4 Å². The quantitative estimate of drug-likeness (QED) is 0.626. The SMILES string of the molecule is O=C(NCCc1ccc(F)cc1)[C@H]1CCCN(S(=O)(=O)c2cccc3nsnc23)C1. The Kier molecular flexibility index (Phi) is 6.07. The van der Waals surface area contributed by atoms with Gasteiger partial charge in [-0.15, -0.1) is 0 Å². The van der Waals surface area contributed by atoms with Crippen LogP contribution in [0.5, 0.6) is 0 Å². The van der Waals surface area contributed by atoms with Crippen LogP contribution in [0.1, 0.15) is 18.4 Å². The smallest absolute Gasteiger partial charge is 0.245 e. The van der Waals surface area contributed by atoms with Crippen LogP contribution in [0.3, 0.4) is 0 Å². The summed E-state index contributed by atoms with van der Waals surface area (Å²) in [5.41, 5.74) is 1.84. The Hall–Kier alpha value is -2.43. The van der Waals surface area contributed by atoms with Crippen LogP contribution >= 0.6 is 11.7 Å². The molecule has 1 atom stereocenters. The van der Waals surface area contributed by atoms with Gasteiger partial charge in [-0.3, -0.25) is 4.79 Å². The van der Waals surface area contributed by atoms with Crippen molar-refractivity contribution < 1.29 is 17.6 Å². The lowest BCUT2D eigenvalue weighted by molar-refractivity contribution is -0.126. The minimum atomic E-state index is -3.77. The Morgan fingerprint density at radius 1 is 1.20 bits per heavy atom. The van der Waals surface area contributed by atoms with Gasteiger partial charge in [-0.1, -0.05) is 18.2 Å². The first-order valence-electron chi connectivity index (χ1n) is 9.69. The van der Waals surface area contributed by atoms with Crippen LogP contribution in [0.25, 0.3) is 11.0 Å². The largest absolute Gasteiger partial charge is 0.355 e. The normalized spacial score (nSPS) is 17.8. The summed E-state index contributed by atoms with van der Waals surface area (Å²) in [7, 11) is -3.77. The van der Waals surface area contributed by atoms with Crippen molar-refractivity contribution in [1.29, 1.82) is 0 Å². The highest BCUT2D eigenvalue weighted by atomic mass is 32.2. The Labute approximate surface area is 178 Å². The lowest BCUT2D eigenvalue weighted by Gasteiger charge is -2.31. The van der Waals surface area contributed by atoms with E-state index in [1.165, 1.54) is 22.5 Å². The number of hydrogen-bond donors (Lipinski definition) is 1. The molecule has 3 aromatic rings. The number of nitrogens with one attached hydrogen (secondary N) is 1. The molecule has 1 fully saturated rings. The molecule has 2 aromatic carbocycles. The van der Waals surface area contributed by atoms with E-state index in [4.69, 9.17) is 0 Å². The van der Waals surface area contributed by atoms with Crippen molar-refractivity contribution in [2.45, 2.75) is 24.2 Å². The molecule has 1 aromatic heterocycles. The number of carbonyl (C=O) groups excluding carboxylic acids is 1. The molecule has 1 N–H and O–H groups in total. The highest BCUT2D eigenvalue weighted by Gasteiger charge is 2.34. The lowest BCUT2D eigenvalue weighted by Crippen LogP contribution is -2.45. The first kappa shape index (κ1) is 20.8. The van der Waals surface area contributed by atoms with Crippen molar-refractivity contribution in [3.05, 3.63) is 53.8 Å². The maximum Gasteiger partial charge on any atom is 0.245 e. The summed E-state index contributed by atoms with van der Waals surface area (Å²) in [5, 5.41) is 2.88. The molecule has 1 aliphatic heterocycles. The maximum atomic E-state index is 13.2. The zero-order valence-electron chi connectivity index (χ0n) is 16.1. The fraction of sp³-hybridized carbons (Fsp3) is 0.350. The number of nitrogens with zero attached hydrogens (tertiary/aromatic N) is 3. The second-order valence-corrected chi connectivity index (χ2v) is 9.69. The monoisotopic (exact) mass is 448 g/mol. The van der Waals surface area contributed by atoms with Crippen LogP contribution in [-0.2, 0) is 21.2 Å². The zero-order chi connectivity index (χ0) is 21.1. The van der Waals surface area contributed by atoms with Crippen LogP contribution in [0, 0.1) is 11.7 Å². The molecule has 30 heavy (non-hydrogen) atoms. The number of benzene rings is 2. The predicted molar refractivity (Wildman–Crippen MR) is 112 cm³/mol. The molecule has 1 amide bonds. The van der Waals surface area contributed by atoms with Crippen molar-refractivity contribution >= 4 is 38.7 Å². The van der Waals surface area contributed by atoms with Crippen LogP contribution in [0.2, 0.25) is 0 Å². The van der Waals surface area contributed by atoms with Gasteiger partial charge in [0.05, 0.1) is 17.6 Å². The number of fused-ring (bicyclic) bond motifs is 1. The summed E-state index contributed by atoms with van der Waals surface area (Å²) < 4.78 is 49.0. The molecule has 0 spiro atoms. The summed E-state index contributed by atoms with van der Waals surface area (Å²) in [4.78, 5) is 12.7. The Morgan fingerprint density at radius 3 is 2.80 bits per heavy atom. The van der Waals surface area contributed by atoms with E-state index in [2.05, 4.69) is 14.1 Å². The number of hydrogen-bond acceptors (Lipinski definition) is 6. The van der Waals surface area contributed by atoms with E-state index >= 15 is 0 Å². The third-order valence-electron chi connectivity index (χ3n) is 5.25. The summed E-state index contributed by atoms with van der Waals surface area (Å²) in [6, 6.07) is 11.1. The topological polar surface area (TPSA) is 92.3 Å². The molecule has 0 unspecified atom stereocenters. The minimum absolute atomic E-state index is 0.131. The van der Waals surface area contributed by atoms with Crippen molar-refractivity contribution in [3.8, 4) is 0 Å². The standard InChI is InChI=1S/C20H21FN4O3S2/c21-16-8-6-14(7-9-16)10-11-22-20(26)15-3-2-12-25(13-15)30(27,28)18-5-1-4-17-19(18)24-29-23-17/h1,4-9,15H,2-3,10-13H2,(H,22,26)/t15-/m0/s1. The van der Waals surface area contributed by atoms with E-state index < -0.39 is 15.9 Å². The van der Waals surface area contributed by atoms with Gasteiger partial charge in [-0.2, -0.15) is 13.1 Å². The van der Waals surface area contributed by atoms with E-state index in [1.807, 2.05) is 0 Å². The average molecular weight is 449 g/mol. The second-order valence-electron chi connectivity index (χ2n) is 7.26. The highest BCUT2D eigenvalue weighted by molar-refractivity contribution is 7.89. The molecular formula is C20H21FN4O3S2. The van der Waals surface area contributed by atoms with Gasteiger partial charge in [0.15, 0.2) is 0 Å². The van der Waals surface area contributed by atoms with Crippen molar-refractivity contribution in [3.63, 3.8) is 0 Å². The average Bonchev–Trinajstić information content (AvgIpc) is 3.24. The van der Waals surface area contributed by atoms with Gasteiger partial charge < -0.3 is 5.32 Å². The fourth-order valence-corrected chi connectivity index (χ4v) is 5.91. The fourth-order valence-electron chi connectivity index (χ4n) is 3.63. The first-order chi connectivity index (χ1) is 14.4. The van der Waals surface area contributed by atoms with E-state index in [1.54, 1.807) is 24.3 Å². The third-order valence-corrected chi connectivity index (χ3v) is 7.69. The molecular weight excluding hydrogens is 427 g/mol. The van der Waals surface area contributed by atoms with E-state index in [9.17, 15) is 17.6 Å². The minimum Gasteiger partial charge on any atom is -0.355 e. The Bertz CT molecular complexity index is 1150. The molecule has 7 nitrogen and oxygen atoms in total. The third kappa shape index (κ3) is 4.35. The molecule has 0 bridgehead atoms. The van der Waals surface area contributed by atoms with Crippen LogP contribution in [0.15, 0.2) is 47.4 Å². The van der Waals surface area contributed by atoms with Crippen molar-refractivity contribution in [1.82, 2.24) is 18.4 Å². The molecule has 0 saturated carbocycles. The summed E-state index contributed by atoms with van der Waals surface area (Å²) in [6.07, 6.45) is 1.83. The number of amides is 1. The highest BCUT2D eigenvalue weighted by Crippen LogP contribution is 2.28. The number of carbonyl (C=O) groups is 1. The number of piperidine rings is 1. The van der Waals surface area contributed by atoms with E-state index in [-0.39, 0.29) is 23.2 Å². The Balaban J connectivity index is 1.40. The van der Waals surface area contributed by atoms with Gasteiger partial charge in [0, 0.05) is 19.6 Å². The van der Waals surface area contributed by atoms with Gasteiger partial charge in [-0.25, -0.2) is 12.8 Å². The maximum absolute atomic E-state index is 13.2. The van der Waals surface area contributed by atoms with Gasteiger partial charge in [0.25, 0.3) is 0 Å². The molecule has 158 valence electrons. The van der Waals surface area contributed by atoms with E-state index in [0.717, 1.165) is 17.3 Å². The van der Waals surface area contributed by atoms with Gasteiger partial charge >= 0.3 is 0 Å². The molecule has 2 heterocycles. The van der Waals surface area contributed by atoms with Crippen LogP contribution < -0.4 is 5.32 Å². The van der Waals surface area contributed by atoms with Gasteiger partial charge in [0.1, 0.15) is 21.7 Å². The first-order valence-corrected chi connectivity index (χ1v) is 11.9. The van der Waals surface area contributed by atoms with Gasteiger partial charge in [0.2, 0.25) is 15.9 Å².